The van der Waals surface area contributed by atoms with Crippen LogP contribution in [-0.4, -0.2) is 15.9 Å². The molecule has 1 atom stereocenters. The third kappa shape index (κ3) is 3.98. The summed E-state index contributed by atoms with van der Waals surface area (Å²) in [5.74, 6) is 0.198. The number of amides is 1. The number of hydrogen-bond donors (Lipinski definition) is 4. The number of nitrogens with one attached hydrogen (secondary N) is 3. The molecule has 0 unspecified atom stereocenters. The number of H-pyrrole nitrogens is 2. The van der Waals surface area contributed by atoms with Crippen LogP contribution < -0.4 is 27.0 Å². The minimum atomic E-state index is -0.787. The van der Waals surface area contributed by atoms with Crippen LogP contribution in [0, 0.1) is 0 Å². The van der Waals surface area contributed by atoms with E-state index in [0.29, 0.717) is 6.61 Å². The zero-order valence-corrected chi connectivity index (χ0v) is 16.2. The normalized spacial score (nSPS) is 15.3. The van der Waals surface area contributed by atoms with Crippen LogP contribution in [0.2, 0.25) is 0 Å². The van der Waals surface area contributed by atoms with Crippen LogP contribution in [0.25, 0.3) is 0 Å². The molecule has 0 bridgehead atoms. The lowest BCUT2D eigenvalue weighted by Crippen LogP contribution is -2.36. The van der Waals surface area contributed by atoms with E-state index in [-0.39, 0.29) is 17.4 Å². The van der Waals surface area contributed by atoms with Crippen molar-refractivity contribution < 1.29 is 9.53 Å². The number of carbonyl (C=O) groups excluding carboxylic acids is 1. The van der Waals surface area contributed by atoms with Crippen LogP contribution in [0.1, 0.15) is 46.1 Å². The number of benzene rings is 2. The van der Waals surface area contributed by atoms with E-state index in [0.717, 1.165) is 41.7 Å². The van der Waals surface area contributed by atoms with E-state index in [1.807, 2.05) is 53.5 Å². The number of fused-ring (bicyclic) bond motifs is 1. The van der Waals surface area contributed by atoms with E-state index in [1.54, 1.807) is 0 Å². The Morgan fingerprint density at radius 3 is 2.70 bits per heavy atom. The number of anilines is 1. The first-order chi connectivity index (χ1) is 14.5. The van der Waals surface area contributed by atoms with E-state index < -0.39 is 17.2 Å². The summed E-state index contributed by atoms with van der Waals surface area (Å²) in [6.45, 7) is 0.457. The van der Waals surface area contributed by atoms with Gasteiger partial charge < -0.3 is 20.8 Å². The quantitative estimate of drug-likeness (QED) is 0.515. The van der Waals surface area contributed by atoms with Crippen molar-refractivity contribution in [3.05, 3.63) is 91.8 Å². The fourth-order valence-corrected chi connectivity index (χ4v) is 3.74. The molecule has 0 radical (unpaired) electrons. The van der Waals surface area contributed by atoms with E-state index in [9.17, 15) is 14.4 Å². The number of carbonyl (C=O) groups is 1. The molecule has 0 fully saturated rings. The second-order valence-corrected chi connectivity index (χ2v) is 7.21. The number of aromatic nitrogens is 2. The minimum absolute atomic E-state index is 0.229. The van der Waals surface area contributed by atoms with E-state index in [1.165, 1.54) is 0 Å². The largest absolute Gasteiger partial charge is 0.489 e. The van der Waals surface area contributed by atoms with Gasteiger partial charge in [-0.05, 0) is 42.0 Å². The molecular formula is C22H22N4O4. The van der Waals surface area contributed by atoms with Crippen molar-refractivity contribution in [3.8, 4) is 5.75 Å². The predicted octanol–water partition coefficient (Wildman–Crippen LogP) is 2.03. The van der Waals surface area contributed by atoms with Gasteiger partial charge in [-0.2, -0.15) is 0 Å². The SMILES string of the molecule is Nc1c(C(=O)N[C@H]2CCCc3c(OCc4ccccc4)cccc32)[nH]c(=O)[nH]c1=O. The number of rotatable bonds is 5. The van der Waals surface area contributed by atoms with E-state index in [4.69, 9.17) is 10.5 Å². The Bertz CT molecular complexity index is 1180. The van der Waals surface area contributed by atoms with Crippen molar-refractivity contribution in [2.75, 3.05) is 5.73 Å². The summed E-state index contributed by atoms with van der Waals surface area (Å²) in [6.07, 6.45) is 2.44. The van der Waals surface area contributed by atoms with Gasteiger partial charge in [0.25, 0.3) is 11.5 Å². The van der Waals surface area contributed by atoms with Crippen molar-refractivity contribution in [2.45, 2.75) is 31.9 Å². The molecule has 0 spiro atoms. The molecule has 4 rings (SSSR count). The molecule has 0 aliphatic heterocycles. The Labute approximate surface area is 172 Å². The zero-order chi connectivity index (χ0) is 21.1. The van der Waals surface area contributed by atoms with Gasteiger partial charge in [0.1, 0.15) is 23.7 Å². The molecule has 30 heavy (non-hydrogen) atoms. The van der Waals surface area contributed by atoms with Gasteiger partial charge >= 0.3 is 5.69 Å². The van der Waals surface area contributed by atoms with Crippen molar-refractivity contribution >= 4 is 11.6 Å². The first-order valence-electron chi connectivity index (χ1n) is 9.74. The van der Waals surface area contributed by atoms with Crippen LogP contribution in [0.3, 0.4) is 0 Å². The standard InChI is InChI=1S/C22H22N4O4/c23-18-19(25-22(29)26-20(18)27)21(28)24-16-10-4-9-15-14(16)8-5-11-17(15)30-12-13-6-2-1-3-7-13/h1-3,5-8,11,16H,4,9-10,12,23H2,(H,24,28)(H2,25,26,27,29)/t16-/m0/s1. The lowest BCUT2D eigenvalue weighted by molar-refractivity contribution is 0.0928. The van der Waals surface area contributed by atoms with Gasteiger partial charge in [-0.25, -0.2) is 4.79 Å². The molecule has 0 saturated heterocycles. The third-order valence-corrected chi connectivity index (χ3v) is 5.21. The highest BCUT2D eigenvalue weighted by molar-refractivity contribution is 5.97. The zero-order valence-electron chi connectivity index (χ0n) is 16.2. The minimum Gasteiger partial charge on any atom is -0.489 e. The molecule has 154 valence electrons. The molecule has 1 aliphatic rings. The first kappa shape index (κ1) is 19.5. The van der Waals surface area contributed by atoms with Gasteiger partial charge in [0.2, 0.25) is 0 Å². The molecular weight excluding hydrogens is 384 g/mol. The molecule has 3 aromatic rings. The number of hydrogen-bond acceptors (Lipinski definition) is 5. The molecule has 8 nitrogen and oxygen atoms in total. The molecule has 1 heterocycles. The Balaban J connectivity index is 1.56. The maximum Gasteiger partial charge on any atom is 0.326 e. The monoisotopic (exact) mass is 406 g/mol. The first-order valence-corrected chi connectivity index (χ1v) is 9.74. The summed E-state index contributed by atoms with van der Waals surface area (Å²) in [5.41, 5.74) is 6.66. The Hall–Kier alpha value is -3.81. The summed E-state index contributed by atoms with van der Waals surface area (Å²) in [7, 11) is 0. The summed E-state index contributed by atoms with van der Waals surface area (Å²) >= 11 is 0. The van der Waals surface area contributed by atoms with Gasteiger partial charge in [-0.3, -0.25) is 14.6 Å². The maximum atomic E-state index is 12.7. The Morgan fingerprint density at radius 2 is 1.90 bits per heavy atom. The lowest BCUT2D eigenvalue weighted by atomic mass is 9.87. The van der Waals surface area contributed by atoms with Crippen molar-refractivity contribution in [1.82, 2.24) is 15.3 Å². The van der Waals surface area contributed by atoms with Crippen molar-refractivity contribution in [1.29, 1.82) is 0 Å². The summed E-state index contributed by atoms with van der Waals surface area (Å²) < 4.78 is 6.05. The average molecular weight is 406 g/mol. The second-order valence-electron chi connectivity index (χ2n) is 7.21. The van der Waals surface area contributed by atoms with Crippen molar-refractivity contribution in [2.24, 2.45) is 0 Å². The van der Waals surface area contributed by atoms with Crippen molar-refractivity contribution in [3.63, 3.8) is 0 Å². The molecule has 8 heteroatoms. The Morgan fingerprint density at radius 1 is 1.10 bits per heavy atom. The molecule has 1 amide bonds. The van der Waals surface area contributed by atoms with E-state index in [2.05, 4.69) is 10.3 Å². The summed E-state index contributed by atoms with van der Waals surface area (Å²) in [5, 5.41) is 2.89. The fraction of sp³-hybridized carbons (Fsp3) is 0.227. The average Bonchev–Trinajstić information content (AvgIpc) is 2.75. The van der Waals surface area contributed by atoms with E-state index >= 15 is 0 Å². The van der Waals surface area contributed by atoms with Gasteiger partial charge in [-0.1, -0.05) is 42.5 Å². The van der Waals surface area contributed by atoms with Gasteiger partial charge in [-0.15, -0.1) is 0 Å². The third-order valence-electron chi connectivity index (χ3n) is 5.21. The number of ether oxygens (including phenoxy) is 1. The Kier molecular flexibility index (Phi) is 5.38. The number of nitrogens with two attached hydrogens (primary N) is 1. The second kappa shape index (κ2) is 8.28. The predicted molar refractivity (Wildman–Crippen MR) is 112 cm³/mol. The molecule has 1 aliphatic carbocycles. The highest BCUT2D eigenvalue weighted by atomic mass is 16.5. The van der Waals surface area contributed by atoms with Crippen LogP contribution in [0.4, 0.5) is 5.69 Å². The van der Waals surface area contributed by atoms with Gasteiger partial charge in [0, 0.05) is 0 Å². The van der Waals surface area contributed by atoms with Crippen LogP contribution in [-0.2, 0) is 13.0 Å². The smallest absolute Gasteiger partial charge is 0.326 e. The fourth-order valence-electron chi connectivity index (χ4n) is 3.74. The van der Waals surface area contributed by atoms with Gasteiger partial charge in [0.15, 0.2) is 0 Å². The molecule has 5 N–H and O–H groups in total. The highest BCUT2D eigenvalue weighted by Crippen LogP contribution is 2.35. The highest BCUT2D eigenvalue weighted by Gasteiger charge is 2.26. The number of aromatic amines is 2. The molecule has 1 aromatic heterocycles. The van der Waals surface area contributed by atoms with Crippen LogP contribution >= 0.6 is 0 Å². The molecule has 0 saturated carbocycles. The lowest BCUT2D eigenvalue weighted by Gasteiger charge is -2.28. The summed E-state index contributed by atoms with van der Waals surface area (Å²) in [6, 6.07) is 15.4. The van der Waals surface area contributed by atoms with Gasteiger partial charge in [0.05, 0.1) is 6.04 Å². The van der Waals surface area contributed by atoms with Crippen LogP contribution in [0.15, 0.2) is 58.1 Å². The molecule has 2 aromatic carbocycles. The summed E-state index contributed by atoms with van der Waals surface area (Å²) in [4.78, 5) is 40.2. The number of nitrogen functional groups attached to an aromatic ring is 1. The topological polar surface area (TPSA) is 130 Å². The maximum absolute atomic E-state index is 12.7. The van der Waals surface area contributed by atoms with Crippen LogP contribution in [0.5, 0.6) is 5.75 Å².